The van der Waals surface area contributed by atoms with E-state index in [0.29, 0.717) is 12.1 Å². The molecular formula is C12H4F8. The molecule has 0 amide bonds. The monoisotopic (exact) mass is 300 g/mol. The number of hydrogen-bond donors (Lipinski definition) is 0. The van der Waals surface area contributed by atoms with Crippen molar-refractivity contribution >= 4 is 5.57 Å². The van der Waals surface area contributed by atoms with Crippen molar-refractivity contribution in [2.24, 2.45) is 0 Å². The van der Waals surface area contributed by atoms with Crippen LogP contribution in [0, 0.1) is 17.5 Å². The number of benzene rings is 1. The zero-order chi connectivity index (χ0) is 15.2. The van der Waals surface area contributed by atoms with Gasteiger partial charge >= 0.3 is 0 Å². The summed E-state index contributed by atoms with van der Waals surface area (Å²) in [6.07, 6.45) is -6.41. The van der Waals surface area contributed by atoms with Gasteiger partial charge < -0.3 is 0 Å². The average Bonchev–Trinajstić information content (AvgIpc) is 2.43. The quantitative estimate of drug-likeness (QED) is 0.524. The molecule has 0 saturated carbocycles. The maximum absolute atomic E-state index is 13.5. The summed E-state index contributed by atoms with van der Waals surface area (Å²) >= 11 is 0. The number of alkyl halides is 2. The highest BCUT2D eigenvalue weighted by molar-refractivity contribution is 5.81. The molecule has 0 N–H and O–H groups in total. The van der Waals surface area contributed by atoms with E-state index >= 15 is 0 Å². The number of allylic oxidation sites excluding steroid dienone is 4. The Kier molecular flexibility index (Phi) is 3.58. The first-order valence-electron chi connectivity index (χ1n) is 5.14. The minimum absolute atomic E-state index is 0.313. The van der Waals surface area contributed by atoms with E-state index in [0.717, 1.165) is 0 Å². The van der Waals surface area contributed by atoms with Crippen molar-refractivity contribution in [1.29, 1.82) is 0 Å². The molecule has 0 unspecified atom stereocenters. The van der Waals surface area contributed by atoms with Gasteiger partial charge in [-0.15, -0.1) is 0 Å². The number of hydrogen-bond acceptors (Lipinski definition) is 0. The highest BCUT2D eigenvalue weighted by Gasteiger charge is 2.41. The number of rotatable bonds is 1. The maximum atomic E-state index is 13.5. The van der Waals surface area contributed by atoms with Gasteiger partial charge in [-0.1, -0.05) is 0 Å². The molecule has 2 rings (SSSR count). The lowest BCUT2D eigenvalue weighted by Crippen LogP contribution is -2.25. The second kappa shape index (κ2) is 4.92. The van der Waals surface area contributed by atoms with Crippen LogP contribution in [-0.2, 0) is 0 Å². The Hall–Kier alpha value is -1.86. The fraction of sp³-hybridized carbons (Fsp3) is 0.167. The van der Waals surface area contributed by atoms with E-state index in [4.69, 9.17) is 0 Å². The molecule has 2 atom stereocenters. The number of halogens is 8. The topological polar surface area (TPSA) is 0 Å². The highest BCUT2D eigenvalue weighted by Crippen LogP contribution is 2.42. The van der Waals surface area contributed by atoms with Gasteiger partial charge in [0.25, 0.3) is 0 Å². The molecular weight excluding hydrogens is 296 g/mol. The van der Waals surface area contributed by atoms with Crippen molar-refractivity contribution in [2.45, 2.75) is 12.3 Å². The summed E-state index contributed by atoms with van der Waals surface area (Å²) in [6.45, 7) is 0. The van der Waals surface area contributed by atoms with E-state index < -0.39 is 58.4 Å². The molecule has 0 heterocycles. The van der Waals surface area contributed by atoms with Crippen LogP contribution in [-0.4, -0.2) is 12.3 Å². The first-order valence-corrected chi connectivity index (χ1v) is 5.14. The fourth-order valence-electron chi connectivity index (χ4n) is 1.71. The minimum Gasteiger partial charge on any atom is -0.236 e. The van der Waals surface area contributed by atoms with Crippen molar-refractivity contribution in [2.75, 3.05) is 0 Å². The molecule has 0 aliphatic heterocycles. The van der Waals surface area contributed by atoms with Gasteiger partial charge in [-0.2, -0.15) is 0 Å². The SMILES string of the molecule is FC1=C(F)[C@@H](F)[C@H](F)C(F)=C1c1ccc(F)c(F)c1F. The Labute approximate surface area is 107 Å². The first-order chi connectivity index (χ1) is 9.27. The molecule has 1 aromatic rings. The fourth-order valence-corrected chi connectivity index (χ4v) is 1.71. The Balaban J connectivity index is 2.72. The Bertz CT molecular complexity index is 631. The summed E-state index contributed by atoms with van der Waals surface area (Å²) in [5, 5.41) is 0. The van der Waals surface area contributed by atoms with Gasteiger partial charge in [-0.3, -0.25) is 0 Å². The first kappa shape index (κ1) is 14.5. The zero-order valence-electron chi connectivity index (χ0n) is 9.33. The van der Waals surface area contributed by atoms with Gasteiger partial charge in [0.05, 0.1) is 5.57 Å². The van der Waals surface area contributed by atoms with E-state index in [2.05, 4.69) is 0 Å². The molecule has 108 valence electrons. The van der Waals surface area contributed by atoms with Gasteiger partial charge in [-0.05, 0) is 12.1 Å². The largest absolute Gasteiger partial charge is 0.236 e. The molecule has 0 bridgehead atoms. The van der Waals surface area contributed by atoms with E-state index in [1.807, 2.05) is 0 Å². The Morgan fingerprint density at radius 1 is 0.700 bits per heavy atom. The molecule has 1 aromatic carbocycles. The summed E-state index contributed by atoms with van der Waals surface area (Å²) in [4.78, 5) is 0. The van der Waals surface area contributed by atoms with Crippen molar-refractivity contribution in [1.82, 2.24) is 0 Å². The molecule has 0 nitrogen and oxygen atoms in total. The molecule has 8 heteroatoms. The van der Waals surface area contributed by atoms with Crippen LogP contribution in [0.4, 0.5) is 35.1 Å². The molecule has 1 aliphatic carbocycles. The molecule has 0 radical (unpaired) electrons. The second-order valence-electron chi connectivity index (χ2n) is 3.91. The summed E-state index contributed by atoms with van der Waals surface area (Å²) < 4.78 is 105. The minimum atomic E-state index is -3.22. The molecule has 0 fully saturated rings. The highest BCUT2D eigenvalue weighted by atomic mass is 19.2. The molecule has 0 spiro atoms. The lowest BCUT2D eigenvalue weighted by Gasteiger charge is -2.20. The third-order valence-electron chi connectivity index (χ3n) is 2.71. The average molecular weight is 300 g/mol. The second-order valence-corrected chi connectivity index (χ2v) is 3.91. The predicted molar refractivity (Wildman–Crippen MR) is 53.4 cm³/mol. The van der Waals surface area contributed by atoms with Gasteiger partial charge in [0.15, 0.2) is 41.4 Å². The van der Waals surface area contributed by atoms with Crippen LogP contribution in [0.2, 0.25) is 0 Å². The van der Waals surface area contributed by atoms with E-state index in [1.54, 1.807) is 0 Å². The van der Waals surface area contributed by atoms with Crippen LogP contribution in [0.25, 0.3) is 5.57 Å². The van der Waals surface area contributed by atoms with E-state index in [-0.39, 0.29) is 0 Å². The van der Waals surface area contributed by atoms with Crippen LogP contribution >= 0.6 is 0 Å². The third kappa shape index (κ3) is 1.99. The summed E-state index contributed by atoms with van der Waals surface area (Å²) in [7, 11) is 0. The van der Waals surface area contributed by atoms with E-state index in [9.17, 15) is 35.1 Å². The van der Waals surface area contributed by atoms with Crippen molar-refractivity contribution in [3.05, 3.63) is 52.6 Å². The standard InChI is InChI=1S/C12H4F8/c13-4-2-1-3(6(14)7(4)15)5-8(16)10(18)12(20)11(19)9(5)17/h1-2,10,12H/t10-,12+/m1/s1. The Morgan fingerprint density at radius 2 is 1.25 bits per heavy atom. The Morgan fingerprint density at radius 3 is 1.85 bits per heavy atom. The van der Waals surface area contributed by atoms with Crippen LogP contribution in [0.5, 0.6) is 0 Å². The van der Waals surface area contributed by atoms with Gasteiger partial charge in [0.2, 0.25) is 0 Å². The van der Waals surface area contributed by atoms with Gasteiger partial charge in [0, 0.05) is 5.56 Å². The van der Waals surface area contributed by atoms with Crippen LogP contribution < -0.4 is 0 Å². The molecule has 0 aromatic heterocycles. The van der Waals surface area contributed by atoms with Crippen molar-refractivity contribution in [3.8, 4) is 0 Å². The zero-order valence-corrected chi connectivity index (χ0v) is 9.33. The molecule has 1 aliphatic rings. The lowest BCUT2D eigenvalue weighted by molar-refractivity contribution is 0.170. The van der Waals surface area contributed by atoms with Crippen LogP contribution in [0.15, 0.2) is 29.6 Å². The van der Waals surface area contributed by atoms with Crippen LogP contribution in [0.1, 0.15) is 5.56 Å². The normalized spacial score (nSPS) is 23.6. The third-order valence-corrected chi connectivity index (χ3v) is 2.71. The summed E-state index contributed by atoms with van der Waals surface area (Å²) in [6, 6.07) is 0.703. The van der Waals surface area contributed by atoms with Crippen molar-refractivity contribution in [3.63, 3.8) is 0 Å². The van der Waals surface area contributed by atoms with Gasteiger partial charge in [-0.25, -0.2) is 35.1 Å². The molecule has 0 saturated heterocycles. The lowest BCUT2D eigenvalue weighted by atomic mass is 9.94. The smallest absolute Gasteiger partial charge is 0.195 e. The van der Waals surface area contributed by atoms with Gasteiger partial charge in [0.1, 0.15) is 5.83 Å². The predicted octanol–water partition coefficient (Wildman–Crippen LogP) is 4.62. The summed E-state index contributed by atoms with van der Waals surface area (Å²) in [5.41, 5.74) is -2.86. The van der Waals surface area contributed by atoms with Crippen molar-refractivity contribution < 1.29 is 35.1 Å². The maximum Gasteiger partial charge on any atom is 0.195 e. The molecule has 20 heavy (non-hydrogen) atoms. The summed E-state index contributed by atoms with van der Waals surface area (Å²) in [5.74, 6) is -12.4. The van der Waals surface area contributed by atoms with Crippen LogP contribution in [0.3, 0.4) is 0 Å². The van der Waals surface area contributed by atoms with E-state index in [1.165, 1.54) is 0 Å².